The van der Waals surface area contributed by atoms with E-state index in [1.54, 1.807) is 0 Å². The first-order valence-corrected chi connectivity index (χ1v) is 11.7. The van der Waals surface area contributed by atoms with Gasteiger partial charge in [0.15, 0.2) is 5.78 Å². The summed E-state index contributed by atoms with van der Waals surface area (Å²) in [6, 6.07) is 8.04. The molecular weight excluding hydrogens is 358 g/mol. The van der Waals surface area contributed by atoms with Crippen LogP contribution in [0.4, 0.5) is 0 Å². The molecule has 0 saturated carbocycles. The molecule has 2 atom stereocenters. The van der Waals surface area contributed by atoms with Crippen molar-refractivity contribution in [1.29, 1.82) is 0 Å². The summed E-state index contributed by atoms with van der Waals surface area (Å²) in [4.78, 5) is 13.5. The van der Waals surface area contributed by atoms with Crippen LogP contribution in [0.1, 0.15) is 99.0 Å². The number of unbranched alkanes of at least 4 members (excludes halogenated alkanes) is 3. The highest BCUT2D eigenvalue weighted by atomic mass is 16.5. The van der Waals surface area contributed by atoms with Crippen LogP contribution in [0.5, 0.6) is 5.75 Å². The Morgan fingerprint density at radius 1 is 0.966 bits per heavy atom. The van der Waals surface area contributed by atoms with Crippen molar-refractivity contribution in [3.8, 4) is 5.75 Å². The van der Waals surface area contributed by atoms with Gasteiger partial charge in [0.05, 0.1) is 12.6 Å². The van der Waals surface area contributed by atoms with E-state index in [0.29, 0.717) is 12.4 Å². The largest absolute Gasteiger partial charge is 0.494 e. The van der Waals surface area contributed by atoms with E-state index < -0.39 is 0 Å². The Morgan fingerprint density at radius 2 is 1.62 bits per heavy atom. The molecule has 0 radical (unpaired) electrons. The second-order valence-electron chi connectivity index (χ2n) is 9.30. The first kappa shape index (κ1) is 25.7. The third-order valence-electron chi connectivity index (χ3n) is 6.43. The fraction of sp³-hybridized carbons (Fsp3) is 0.731. The molecule has 166 valence electrons. The number of Topliss-reactive ketones (excluding diaryl/α,β-unsaturated/α-hetero) is 1. The van der Waals surface area contributed by atoms with Gasteiger partial charge in [0.25, 0.3) is 0 Å². The third kappa shape index (κ3) is 8.50. The van der Waals surface area contributed by atoms with Crippen molar-refractivity contribution in [1.82, 2.24) is 5.32 Å². The second-order valence-corrected chi connectivity index (χ2v) is 9.30. The minimum atomic E-state index is -0.320. The van der Waals surface area contributed by atoms with E-state index in [9.17, 15) is 4.79 Å². The molecule has 0 amide bonds. The van der Waals surface area contributed by atoms with Crippen molar-refractivity contribution < 1.29 is 9.53 Å². The van der Waals surface area contributed by atoms with Crippen molar-refractivity contribution in [2.24, 2.45) is 5.41 Å². The Kier molecular flexibility index (Phi) is 11.0. The molecule has 0 spiro atoms. The van der Waals surface area contributed by atoms with Crippen molar-refractivity contribution in [2.75, 3.05) is 6.61 Å². The highest BCUT2D eigenvalue weighted by molar-refractivity contribution is 5.89. The van der Waals surface area contributed by atoms with Crippen LogP contribution in [-0.4, -0.2) is 24.0 Å². The van der Waals surface area contributed by atoms with Gasteiger partial charge in [0.2, 0.25) is 0 Å². The van der Waals surface area contributed by atoms with Crippen LogP contribution >= 0.6 is 0 Å². The lowest BCUT2D eigenvalue weighted by Gasteiger charge is -2.37. The molecule has 0 bridgehead atoms. The van der Waals surface area contributed by atoms with Crippen molar-refractivity contribution >= 4 is 5.78 Å². The minimum Gasteiger partial charge on any atom is -0.494 e. The SMILES string of the molecule is CCCCCCC(C)(CC)N[C@H](Cc1ccc(OCC)cc1)C(=O)C(C)(C)CC. The monoisotopic (exact) mass is 403 g/mol. The Hall–Kier alpha value is -1.35. The molecule has 0 saturated heterocycles. The maximum atomic E-state index is 13.5. The van der Waals surface area contributed by atoms with Crippen LogP contribution in [0.25, 0.3) is 0 Å². The third-order valence-corrected chi connectivity index (χ3v) is 6.43. The molecule has 1 aromatic carbocycles. The fourth-order valence-electron chi connectivity index (χ4n) is 3.69. The molecule has 0 aliphatic rings. The van der Waals surface area contributed by atoms with Crippen molar-refractivity contribution in [3.63, 3.8) is 0 Å². The van der Waals surface area contributed by atoms with Gasteiger partial charge in [-0.3, -0.25) is 4.79 Å². The van der Waals surface area contributed by atoms with Crippen LogP contribution in [-0.2, 0) is 11.2 Å². The summed E-state index contributed by atoms with van der Waals surface area (Å²) >= 11 is 0. The molecule has 0 fully saturated rings. The summed E-state index contributed by atoms with van der Waals surface area (Å²) in [6.07, 6.45) is 8.74. The number of rotatable bonds is 15. The summed E-state index contributed by atoms with van der Waals surface area (Å²) in [5.41, 5.74) is 0.846. The van der Waals surface area contributed by atoms with Gasteiger partial charge in [-0.15, -0.1) is 0 Å². The molecule has 1 unspecified atom stereocenters. The van der Waals surface area contributed by atoms with Crippen LogP contribution in [0, 0.1) is 5.41 Å². The average Bonchev–Trinajstić information content (AvgIpc) is 2.72. The number of hydrogen-bond donors (Lipinski definition) is 1. The van der Waals surface area contributed by atoms with Gasteiger partial charge in [-0.2, -0.15) is 0 Å². The normalized spacial score (nSPS) is 15.0. The molecule has 3 heteroatoms. The standard InChI is InChI=1S/C26H45NO2/c1-8-12-13-14-19-26(7,10-3)27-23(24(28)25(5,6)9-2)20-21-15-17-22(18-16-21)29-11-4/h15-18,23,27H,8-14,19-20H2,1-7H3/t23-,26?/m1/s1. The number of benzene rings is 1. The van der Waals surface area contributed by atoms with Crippen LogP contribution < -0.4 is 10.1 Å². The van der Waals surface area contributed by atoms with Gasteiger partial charge in [-0.05, 0) is 57.2 Å². The van der Waals surface area contributed by atoms with Crippen molar-refractivity contribution in [2.45, 2.75) is 111 Å². The highest BCUT2D eigenvalue weighted by Crippen LogP contribution is 2.27. The van der Waals surface area contributed by atoms with Gasteiger partial charge in [-0.1, -0.05) is 72.4 Å². The first-order valence-electron chi connectivity index (χ1n) is 11.7. The lowest BCUT2D eigenvalue weighted by molar-refractivity contribution is -0.130. The Balaban J connectivity index is 2.99. The number of nitrogens with one attached hydrogen (secondary N) is 1. The zero-order valence-corrected chi connectivity index (χ0v) is 20.1. The predicted molar refractivity (Wildman–Crippen MR) is 125 cm³/mol. The van der Waals surface area contributed by atoms with E-state index in [0.717, 1.165) is 31.4 Å². The van der Waals surface area contributed by atoms with E-state index in [1.165, 1.54) is 31.2 Å². The minimum absolute atomic E-state index is 0.0108. The quantitative estimate of drug-likeness (QED) is 0.330. The lowest BCUT2D eigenvalue weighted by atomic mass is 9.79. The number of ether oxygens (including phenoxy) is 1. The predicted octanol–water partition coefficient (Wildman–Crippen LogP) is 6.73. The molecule has 1 aromatic rings. The number of carbonyl (C=O) groups excluding carboxylic acids is 1. The van der Waals surface area contributed by atoms with Gasteiger partial charge in [-0.25, -0.2) is 0 Å². The number of ketones is 1. The zero-order valence-electron chi connectivity index (χ0n) is 20.1. The maximum Gasteiger partial charge on any atom is 0.155 e. The number of hydrogen-bond acceptors (Lipinski definition) is 3. The van der Waals surface area contributed by atoms with E-state index in [4.69, 9.17) is 4.74 Å². The van der Waals surface area contributed by atoms with Crippen LogP contribution in [0.2, 0.25) is 0 Å². The summed E-state index contributed by atoms with van der Waals surface area (Å²) in [5.74, 6) is 1.21. The van der Waals surface area contributed by atoms with E-state index in [1.807, 2.05) is 19.1 Å². The molecule has 0 aliphatic carbocycles. The smallest absolute Gasteiger partial charge is 0.155 e. The van der Waals surface area contributed by atoms with Gasteiger partial charge in [0.1, 0.15) is 5.75 Å². The molecule has 1 N–H and O–H groups in total. The molecule has 0 aliphatic heterocycles. The Labute approximate surface area is 180 Å². The fourth-order valence-corrected chi connectivity index (χ4v) is 3.69. The van der Waals surface area contributed by atoms with Crippen molar-refractivity contribution in [3.05, 3.63) is 29.8 Å². The van der Waals surface area contributed by atoms with Gasteiger partial charge in [0, 0.05) is 11.0 Å². The summed E-state index contributed by atoms with van der Waals surface area (Å²) < 4.78 is 5.56. The van der Waals surface area contributed by atoms with Crippen LogP contribution in [0.15, 0.2) is 24.3 Å². The zero-order chi connectivity index (χ0) is 21.9. The average molecular weight is 404 g/mol. The Bertz CT molecular complexity index is 593. The molecule has 0 heterocycles. The first-order chi connectivity index (χ1) is 13.7. The molecule has 1 rings (SSSR count). The highest BCUT2D eigenvalue weighted by Gasteiger charge is 2.35. The number of carbonyl (C=O) groups is 1. The summed E-state index contributed by atoms with van der Waals surface area (Å²) in [7, 11) is 0. The lowest BCUT2D eigenvalue weighted by Crippen LogP contribution is -2.54. The second kappa shape index (κ2) is 12.4. The van der Waals surface area contributed by atoms with E-state index >= 15 is 0 Å². The van der Waals surface area contributed by atoms with Crippen LogP contribution in [0.3, 0.4) is 0 Å². The molecule has 3 nitrogen and oxygen atoms in total. The Morgan fingerprint density at radius 3 is 2.14 bits per heavy atom. The summed E-state index contributed by atoms with van der Waals surface area (Å²) in [6.45, 7) is 15.7. The van der Waals surface area contributed by atoms with E-state index in [-0.39, 0.29) is 17.0 Å². The molecule has 29 heavy (non-hydrogen) atoms. The van der Waals surface area contributed by atoms with Gasteiger partial charge < -0.3 is 10.1 Å². The van der Waals surface area contributed by atoms with Gasteiger partial charge >= 0.3 is 0 Å². The molecular formula is C26H45NO2. The summed E-state index contributed by atoms with van der Waals surface area (Å²) in [5, 5.41) is 3.80. The molecule has 0 aromatic heterocycles. The maximum absolute atomic E-state index is 13.5. The van der Waals surface area contributed by atoms with E-state index in [2.05, 4.69) is 59.0 Å². The topological polar surface area (TPSA) is 38.3 Å².